The number of halogens is 1. The quantitative estimate of drug-likeness (QED) is 0.906. The number of hydrogen-bond acceptors (Lipinski definition) is 3. The summed E-state index contributed by atoms with van der Waals surface area (Å²) in [4.78, 5) is 13.7. The number of methoxy groups -OCH3 is 1. The van der Waals surface area contributed by atoms with E-state index < -0.39 is 0 Å². The lowest BCUT2D eigenvalue weighted by molar-refractivity contribution is -0.131. The van der Waals surface area contributed by atoms with Gasteiger partial charge in [-0.1, -0.05) is 17.7 Å². The van der Waals surface area contributed by atoms with Crippen molar-refractivity contribution in [3.05, 3.63) is 28.8 Å². The zero-order valence-corrected chi connectivity index (χ0v) is 12.0. The van der Waals surface area contributed by atoms with Crippen LogP contribution < -0.4 is 10.5 Å². The van der Waals surface area contributed by atoms with Gasteiger partial charge in [0.15, 0.2) is 0 Å². The van der Waals surface area contributed by atoms with Crippen molar-refractivity contribution in [1.82, 2.24) is 4.90 Å². The van der Waals surface area contributed by atoms with E-state index in [2.05, 4.69) is 0 Å². The van der Waals surface area contributed by atoms with Crippen molar-refractivity contribution < 1.29 is 9.53 Å². The third kappa shape index (κ3) is 2.69. The number of benzene rings is 1. The highest BCUT2D eigenvalue weighted by Crippen LogP contribution is 2.38. The number of rotatable bonds is 2. The second kappa shape index (κ2) is 5.80. The highest BCUT2D eigenvalue weighted by atomic mass is 35.5. The predicted molar refractivity (Wildman–Crippen MR) is 75.3 cm³/mol. The van der Waals surface area contributed by atoms with E-state index in [1.54, 1.807) is 25.1 Å². The van der Waals surface area contributed by atoms with Gasteiger partial charge in [-0.3, -0.25) is 4.79 Å². The van der Waals surface area contributed by atoms with E-state index in [4.69, 9.17) is 22.1 Å². The Morgan fingerprint density at radius 2 is 2.21 bits per heavy atom. The molecule has 1 aromatic carbocycles. The second-order valence-electron chi connectivity index (χ2n) is 4.86. The van der Waals surface area contributed by atoms with Gasteiger partial charge in [-0.2, -0.15) is 0 Å². The van der Waals surface area contributed by atoms with Crippen LogP contribution >= 0.6 is 11.6 Å². The molecule has 1 aliphatic rings. The van der Waals surface area contributed by atoms with Crippen LogP contribution in [0.3, 0.4) is 0 Å². The molecular weight excluding hydrogens is 264 g/mol. The molecule has 0 radical (unpaired) electrons. The lowest BCUT2D eigenvalue weighted by Gasteiger charge is -2.32. The molecule has 0 aromatic heterocycles. The molecular formula is C14H19ClN2O2. The summed E-state index contributed by atoms with van der Waals surface area (Å²) in [6, 6.07) is 5.10. The monoisotopic (exact) mass is 282 g/mol. The van der Waals surface area contributed by atoms with Crippen LogP contribution in [0.2, 0.25) is 5.02 Å². The van der Waals surface area contributed by atoms with Gasteiger partial charge < -0.3 is 15.4 Å². The number of carbonyl (C=O) groups excluding carboxylic acids is 1. The van der Waals surface area contributed by atoms with Gasteiger partial charge in [-0.25, -0.2) is 0 Å². The zero-order valence-electron chi connectivity index (χ0n) is 11.2. The van der Waals surface area contributed by atoms with Crippen LogP contribution in [0.15, 0.2) is 18.2 Å². The Morgan fingerprint density at radius 1 is 1.47 bits per heavy atom. The summed E-state index contributed by atoms with van der Waals surface area (Å²) in [5, 5.41) is 0.585. The molecule has 0 aliphatic carbocycles. The van der Waals surface area contributed by atoms with Gasteiger partial charge >= 0.3 is 0 Å². The minimum Gasteiger partial charge on any atom is -0.496 e. The Kier molecular flexibility index (Phi) is 4.32. The first-order valence-corrected chi connectivity index (χ1v) is 6.77. The van der Waals surface area contributed by atoms with Gasteiger partial charge in [-0.05, 0) is 25.0 Å². The van der Waals surface area contributed by atoms with Crippen molar-refractivity contribution in [1.29, 1.82) is 0 Å². The number of amides is 1. The van der Waals surface area contributed by atoms with Crippen LogP contribution in [0, 0.1) is 0 Å². The number of likely N-dealkylation sites (tertiary alicyclic amines) is 1. The molecule has 1 saturated heterocycles. The molecule has 1 fully saturated rings. The molecule has 1 heterocycles. The molecule has 2 atom stereocenters. The van der Waals surface area contributed by atoms with Gasteiger partial charge in [0, 0.05) is 30.1 Å². The first kappa shape index (κ1) is 14.2. The van der Waals surface area contributed by atoms with Crippen LogP contribution in [0.25, 0.3) is 0 Å². The minimum atomic E-state index is -0.237. The van der Waals surface area contributed by atoms with E-state index >= 15 is 0 Å². The number of likely N-dealkylation sites (N-methyl/N-ethyl adjacent to an activating group) is 1. The molecule has 1 aromatic rings. The van der Waals surface area contributed by atoms with E-state index in [-0.39, 0.29) is 18.0 Å². The highest BCUT2D eigenvalue weighted by molar-refractivity contribution is 6.31. The van der Waals surface area contributed by atoms with Crippen LogP contribution in [-0.4, -0.2) is 31.0 Å². The van der Waals surface area contributed by atoms with Gasteiger partial charge in [0.1, 0.15) is 5.75 Å². The predicted octanol–water partition coefficient (Wildman–Crippen LogP) is 2.36. The fourth-order valence-electron chi connectivity index (χ4n) is 2.66. The molecule has 2 unspecified atom stereocenters. The van der Waals surface area contributed by atoms with Crippen LogP contribution in [-0.2, 0) is 4.79 Å². The Balaban J connectivity index is 2.50. The fraction of sp³-hybridized carbons (Fsp3) is 0.500. The van der Waals surface area contributed by atoms with Crippen molar-refractivity contribution in [3.63, 3.8) is 0 Å². The van der Waals surface area contributed by atoms with Crippen LogP contribution in [0.4, 0.5) is 0 Å². The number of nitrogens with zero attached hydrogens (tertiary/aromatic N) is 1. The number of hydrogen-bond donors (Lipinski definition) is 1. The first-order chi connectivity index (χ1) is 9.06. The maximum atomic E-state index is 12.0. The molecule has 104 valence electrons. The molecule has 0 bridgehead atoms. The fourth-order valence-corrected chi connectivity index (χ4v) is 2.93. The van der Waals surface area contributed by atoms with E-state index in [1.165, 1.54) is 0 Å². The summed E-state index contributed by atoms with van der Waals surface area (Å²) in [6.07, 6.45) is 2.15. The molecule has 1 amide bonds. The van der Waals surface area contributed by atoms with E-state index in [0.717, 1.165) is 18.4 Å². The van der Waals surface area contributed by atoms with E-state index in [0.29, 0.717) is 17.2 Å². The number of nitrogens with two attached hydrogens (primary N) is 1. The van der Waals surface area contributed by atoms with Crippen molar-refractivity contribution in [2.75, 3.05) is 14.2 Å². The molecule has 2 N–H and O–H groups in total. The van der Waals surface area contributed by atoms with Gasteiger partial charge in [-0.15, -0.1) is 0 Å². The summed E-state index contributed by atoms with van der Waals surface area (Å²) >= 11 is 6.30. The van der Waals surface area contributed by atoms with E-state index in [9.17, 15) is 4.79 Å². The lowest BCUT2D eigenvalue weighted by Crippen LogP contribution is -2.40. The van der Waals surface area contributed by atoms with Crippen molar-refractivity contribution in [2.45, 2.75) is 31.3 Å². The molecule has 19 heavy (non-hydrogen) atoms. The topological polar surface area (TPSA) is 55.6 Å². The summed E-state index contributed by atoms with van der Waals surface area (Å²) in [7, 11) is 3.38. The second-order valence-corrected chi connectivity index (χ2v) is 5.27. The summed E-state index contributed by atoms with van der Waals surface area (Å²) in [5.41, 5.74) is 7.05. The molecule has 4 nitrogen and oxygen atoms in total. The van der Waals surface area contributed by atoms with Gasteiger partial charge in [0.05, 0.1) is 13.2 Å². The Bertz CT molecular complexity index is 479. The van der Waals surface area contributed by atoms with Crippen molar-refractivity contribution in [3.8, 4) is 5.75 Å². The van der Waals surface area contributed by atoms with Crippen molar-refractivity contribution >= 4 is 17.5 Å². The summed E-state index contributed by atoms with van der Waals surface area (Å²) < 4.78 is 5.37. The Morgan fingerprint density at radius 3 is 2.89 bits per heavy atom. The standard InChI is InChI=1S/C14H19ClN2O2/c1-17-12(18)8-4-6-10(16)14(17)13-9(15)5-3-7-11(13)19-2/h3,5,7,10,14H,4,6,8,16H2,1-2H3. The number of ether oxygens (including phenoxy) is 1. The van der Waals surface area contributed by atoms with E-state index in [1.807, 2.05) is 12.1 Å². The van der Waals surface area contributed by atoms with Gasteiger partial charge in [0.25, 0.3) is 0 Å². The molecule has 5 heteroatoms. The van der Waals surface area contributed by atoms with Crippen LogP contribution in [0.1, 0.15) is 30.9 Å². The summed E-state index contributed by atoms with van der Waals surface area (Å²) in [5.74, 6) is 0.773. The normalized spacial score (nSPS) is 24.2. The maximum absolute atomic E-state index is 12.0. The summed E-state index contributed by atoms with van der Waals surface area (Å²) in [6.45, 7) is 0. The van der Waals surface area contributed by atoms with Gasteiger partial charge in [0.2, 0.25) is 5.91 Å². The highest BCUT2D eigenvalue weighted by Gasteiger charge is 2.33. The minimum absolute atomic E-state index is 0.0972. The lowest BCUT2D eigenvalue weighted by atomic mass is 9.95. The van der Waals surface area contributed by atoms with Crippen molar-refractivity contribution in [2.24, 2.45) is 5.73 Å². The Labute approximate surface area is 118 Å². The maximum Gasteiger partial charge on any atom is 0.222 e. The SMILES string of the molecule is COc1cccc(Cl)c1C1C(N)CCCC(=O)N1C. The molecule has 0 spiro atoms. The average molecular weight is 283 g/mol. The Hall–Kier alpha value is -1.26. The molecule has 2 rings (SSSR count). The zero-order chi connectivity index (χ0) is 14.0. The average Bonchev–Trinajstić information content (AvgIpc) is 2.51. The third-order valence-electron chi connectivity index (χ3n) is 3.67. The molecule has 1 aliphatic heterocycles. The number of carbonyl (C=O) groups is 1. The molecule has 0 saturated carbocycles. The smallest absolute Gasteiger partial charge is 0.222 e. The first-order valence-electron chi connectivity index (χ1n) is 6.40. The largest absolute Gasteiger partial charge is 0.496 e. The van der Waals surface area contributed by atoms with Crippen LogP contribution in [0.5, 0.6) is 5.75 Å². The third-order valence-corrected chi connectivity index (χ3v) is 4.00.